The molecule has 1 atom stereocenters. The molecule has 0 aromatic heterocycles. The molecule has 2 rings (SSSR count). The second kappa shape index (κ2) is 6.38. The molecule has 1 N–H and O–H groups in total. The van der Waals surface area contributed by atoms with Gasteiger partial charge in [0.15, 0.2) is 0 Å². The molecule has 1 unspecified atom stereocenters. The Morgan fingerprint density at radius 3 is 2.52 bits per heavy atom. The highest BCUT2D eigenvalue weighted by Gasteiger charge is 2.51. The summed E-state index contributed by atoms with van der Waals surface area (Å²) in [7, 11) is 0. The van der Waals surface area contributed by atoms with Crippen molar-refractivity contribution in [3.63, 3.8) is 0 Å². The van der Waals surface area contributed by atoms with E-state index >= 15 is 0 Å². The van der Waals surface area contributed by atoms with E-state index in [1.54, 1.807) is 13.0 Å². The Bertz CT molecular complexity index is 524. The van der Waals surface area contributed by atoms with Crippen LogP contribution in [-0.4, -0.2) is 5.11 Å². The minimum atomic E-state index is -1.21. The van der Waals surface area contributed by atoms with Crippen molar-refractivity contribution >= 4 is 11.6 Å². The number of hydrogen-bond acceptors (Lipinski definition) is 2. The van der Waals surface area contributed by atoms with Gasteiger partial charge in [0.05, 0.1) is 11.5 Å². The summed E-state index contributed by atoms with van der Waals surface area (Å²) in [5.74, 6) is 0.693. The zero-order valence-corrected chi connectivity index (χ0v) is 13.7. The van der Waals surface area contributed by atoms with Crippen LogP contribution >= 0.6 is 11.6 Å². The summed E-state index contributed by atoms with van der Waals surface area (Å²) >= 11 is 6.26. The smallest absolute Gasteiger partial charge is 0.107 e. The molecule has 1 aromatic rings. The summed E-state index contributed by atoms with van der Waals surface area (Å²) in [6.45, 7) is 3.95. The van der Waals surface area contributed by atoms with Gasteiger partial charge >= 0.3 is 0 Å². The van der Waals surface area contributed by atoms with Crippen LogP contribution in [0.25, 0.3) is 0 Å². The van der Waals surface area contributed by atoms with Gasteiger partial charge in [-0.3, -0.25) is 0 Å². The van der Waals surface area contributed by atoms with E-state index in [-0.39, 0.29) is 0 Å². The third-order valence-corrected chi connectivity index (χ3v) is 5.53. The normalized spacial score (nSPS) is 28.6. The van der Waals surface area contributed by atoms with E-state index in [4.69, 9.17) is 11.6 Å². The van der Waals surface area contributed by atoms with Crippen LogP contribution in [0.15, 0.2) is 24.3 Å². The minimum Gasteiger partial charge on any atom is -0.384 e. The molecule has 1 saturated carbocycles. The van der Waals surface area contributed by atoms with Gasteiger partial charge < -0.3 is 5.11 Å². The van der Waals surface area contributed by atoms with Crippen LogP contribution in [-0.2, 0) is 5.60 Å². The molecule has 3 heteroatoms. The summed E-state index contributed by atoms with van der Waals surface area (Å²) in [6.07, 6.45) is 5.92. The lowest BCUT2D eigenvalue weighted by Crippen LogP contribution is -2.45. The first-order valence-electron chi connectivity index (χ1n) is 7.85. The Morgan fingerprint density at radius 1 is 1.38 bits per heavy atom. The van der Waals surface area contributed by atoms with Gasteiger partial charge in [0.2, 0.25) is 0 Å². The maximum atomic E-state index is 11.2. The van der Waals surface area contributed by atoms with Gasteiger partial charge in [-0.05, 0) is 44.6 Å². The molecular formula is C18H24ClNO. The van der Waals surface area contributed by atoms with Gasteiger partial charge in [0, 0.05) is 10.6 Å². The van der Waals surface area contributed by atoms with Crippen LogP contribution in [0.3, 0.4) is 0 Å². The van der Waals surface area contributed by atoms with Gasteiger partial charge in [0.1, 0.15) is 5.60 Å². The average molecular weight is 306 g/mol. The second-order valence-electron chi connectivity index (χ2n) is 6.48. The number of aliphatic hydroxyl groups is 1. The Kier molecular flexibility index (Phi) is 4.96. The third kappa shape index (κ3) is 2.96. The number of nitrogens with zero attached hydrogens (tertiary/aromatic N) is 1. The van der Waals surface area contributed by atoms with Gasteiger partial charge in [-0.2, -0.15) is 5.26 Å². The zero-order valence-electron chi connectivity index (χ0n) is 12.9. The fraction of sp³-hybridized carbons (Fsp3) is 0.611. The lowest BCUT2D eigenvalue weighted by Gasteiger charge is -2.45. The predicted molar refractivity (Wildman–Crippen MR) is 85.9 cm³/mol. The van der Waals surface area contributed by atoms with Gasteiger partial charge in [-0.1, -0.05) is 49.6 Å². The molecule has 2 nitrogen and oxygen atoms in total. The fourth-order valence-electron chi connectivity index (χ4n) is 3.69. The number of hydrogen-bond donors (Lipinski definition) is 1. The van der Waals surface area contributed by atoms with E-state index in [0.29, 0.717) is 16.5 Å². The molecule has 0 saturated heterocycles. The van der Waals surface area contributed by atoms with Crippen LogP contribution in [0.1, 0.15) is 57.9 Å². The van der Waals surface area contributed by atoms with Crippen LogP contribution in [0, 0.1) is 22.7 Å². The monoisotopic (exact) mass is 305 g/mol. The van der Waals surface area contributed by atoms with Crippen LogP contribution < -0.4 is 0 Å². The summed E-state index contributed by atoms with van der Waals surface area (Å²) in [6, 6.07) is 9.76. The molecule has 0 amide bonds. The molecule has 1 aliphatic rings. The first-order chi connectivity index (χ1) is 9.97. The molecule has 21 heavy (non-hydrogen) atoms. The summed E-state index contributed by atoms with van der Waals surface area (Å²) in [4.78, 5) is 0. The van der Waals surface area contributed by atoms with Crippen LogP contribution in [0.4, 0.5) is 0 Å². The van der Waals surface area contributed by atoms with E-state index in [9.17, 15) is 10.4 Å². The molecular weight excluding hydrogens is 282 g/mol. The average Bonchev–Trinajstić information content (AvgIpc) is 2.48. The van der Waals surface area contributed by atoms with Gasteiger partial charge in [0.25, 0.3) is 0 Å². The van der Waals surface area contributed by atoms with E-state index in [1.165, 1.54) is 12.8 Å². The summed E-state index contributed by atoms with van der Waals surface area (Å²) < 4.78 is 0. The maximum absolute atomic E-state index is 11.2. The van der Waals surface area contributed by atoms with Crippen molar-refractivity contribution in [2.24, 2.45) is 11.3 Å². The molecule has 0 radical (unpaired) electrons. The molecule has 0 aliphatic heterocycles. The van der Waals surface area contributed by atoms with Gasteiger partial charge in [-0.15, -0.1) is 0 Å². The van der Waals surface area contributed by atoms with Crippen molar-refractivity contribution < 1.29 is 5.11 Å². The lowest BCUT2D eigenvalue weighted by atomic mass is 9.60. The van der Waals surface area contributed by atoms with E-state index in [1.807, 2.05) is 18.2 Å². The van der Waals surface area contributed by atoms with E-state index < -0.39 is 11.0 Å². The highest BCUT2D eigenvalue weighted by molar-refractivity contribution is 6.31. The molecule has 0 heterocycles. The lowest BCUT2D eigenvalue weighted by molar-refractivity contribution is -0.0699. The highest BCUT2D eigenvalue weighted by Crippen LogP contribution is 2.52. The molecule has 1 aliphatic carbocycles. The summed E-state index contributed by atoms with van der Waals surface area (Å²) in [5.41, 5.74) is -1.28. The maximum Gasteiger partial charge on any atom is 0.107 e. The molecule has 1 fully saturated rings. The van der Waals surface area contributed by atoms with Crippen molar-refractivity contribution in [1.29, 1.82) is 5.26 Å². The molecule has 1 aromatic carbocycles. The zero-order chi connectivity index (χ0) is 15.5. The summed E-state index contributed by atoms with van der Waals surface area (Å²) in [5, 5.41) is 21.5. The van der Waals surface area contributed by atoms with Crippen molar-refractivity contribution in [1.82, 2.24) is 0 Å². The topological polar surface area (TPSA) is 44.0 Å². The minimum absolute atomic E-state index is 0.535. The number of halogens is 1. The molecule has 0 bridgehead atoms. The molecule has 0 spiro atoms. The van der Waals surface area contributed by atoms with Crippen LogP contribution in [0.5, 0.6) is 0 Å². The highest BCUT2D eigenvalue weighted by atomic mass is 35.5. The van der Waals surface area contributed by atoms with Crippen molar-refractivity contribution in [3.05, 3.63) is 34.9 Å². The van der Waals surface area contributed by atoms with Crippen molar-refractivity contribution in [3.8, 4) is 6.07 Å². The first kappa shape index (κ1) is 16.3. The third-order valence-electron chi connectivity index (χ3n) is 5.20. The second-order valence-corrected chi connectivity index (χ2v) is 6.89. The Morgan fingerprint density at radius 2 is 2.00 bits per heavy atom. The Balaban J connectivity index is 2.29. The van der Waals surface area contributed by atoms with Crippen molar-refractivity contribution in [2.75, 3.05) is 0 Å². The molecule has 114 valence electrons. The fourth-order valence-corrected chi connectivity index (χ4v) is 4.01. The Hall–Kier alpha value is -1.04. The van der Waals surface area contributed by atoms with Crippen molar-refractivity contribution in [2.45, 2.75) is 58.0 Å². The standard InChI is InChI=1S/C18H24ClNO/c1-3-6-14-9-11-18(13-20,12-10-14)17(2,21)15-7-4-5-8-16(15)19/h4-5,7-8,14,21H,3,6,9-12H2,1-2H3. The largest absolute Gasteiger partial charge is 0.384 e. The van der Waals surface area contributed by atoms with E-state index in [2.05, 4.69) is 13.0 Å². The van der Waals surface area contributed by atoms with Gasteiger partial charge in [-0.25, -0.2) is 0 Å². The number of rotatable bonds is 4. The number of benzene rings is 1. The predicted octanol–water partition coefficient (Wildman–Crippen LogP) is 5.05. The Labute approximate surface area is 132 Å². The quantitative estimate of drug-likeness (QED) is 0.846. The van der Waals surface area contributed by atoms with Crippen LogP contribution in [0.2, 0.25) is 5.02 Å². The first-order valence-corrected chi connectivity index (χ1v) is 8.23. The SMILES string of the molecule is CCCC1CCC(C#N)(C(C)(O)c2ccccc2Cl)CC1. The van der Waals surface area contributed by atoms with E-state index in [0.717, 1.165) is 25.7 Å². The number of nitriles is 1.